The van der Waals surface area contributed by atoms with Gasteiger partial charge in [-0.3, -0.25) is 4.79 Å². The Morgan fingerprint density at radius 2 is 1.87 bits per heavy atom. The van der Waals surface area contributed by atoms with Gasteiger partial charge in [0.25, 0.3) is 11.7 Å². The minimum Gasteiger partial charge on any atom is -0.490 e. The molecule has 158 valence electrons. The third-order valence-electron chi connectivity index (χ3n) is 3.50. The summed E-state index contributed by atoms with van der Waals surface area (Å²) in [4.78, 5) is 12.7. The summed E-state index contributed by atoms with van der Waals surface area (Å²) >= 11 is 0.370. The summed E-state index contributed by atoms with van der Waals surface area (Å²) in [6.07, 6.45) is 1.25. The molecule has 5 nitrogen and oxygen atoms in total. The predicted octanol–water partition coefficient (Wildman–Crippen LogP) is 5.55. The number of hydrogen-bond acceptors (Lipinski definition) is 5. The van der Waals surface area contributed by atoms with Crippen molar-refractivity contribution < 1.29 is 31.8 Å². The van der Waals surface area contributed by atoms with Gasteiger partial charge in [0, 0.05) is 10.6 Å². The third-order valence-corrected chi connectivity index (χ3v) is 4.22. The van der Waals surface area contributed by atoms with Gasteiger partial charge in [0.15, 0.2) is 11.5 Å². The van der Waals surface area contributed by atoms with Crippen LogP contribution >= 0.6 is 11.8 Å². The first-order valence-corrected chi connectivity index (χ1v) is 9.40. The highest BCUT2D eigenvalue weighted by atomic mass is 32.2. The third kappa shape index (κ3) is 7.00. The lowest BCUT2D eigenvalue weighted by atomic mass is 10.1. The van der Waals surface area contributed by atoms with E-state index in [0.717, 1.165) is 0 Å². The number of carbonyl (C=O) groups excluding carboxylic acids is 1. The molecule has 2 rings (SSSR count). The maximum absolute atomic E-state index is 12.5. The second kappa shape index (κ2) is 11.1. The Balaban J connectivity index is 2.18. The van der Waals surface area contributed by atoms with Crippen LogP contribution < -0.4 is 14.8 Å². The normalized spacial score (nSPS) is 11.3. The molecule has 0 unspecified atom stereocenters. The highest BCUT2D eigenvalue weighted by Gasteiger charge is 2.14. The summed E-state index contributed by atoms with van der Waals surface area (Å²) in [6.45, 7) is -1.18. The zero-order valence-corrected chi connectivity index (χ0v) is 16.4. The SMILES string of the molecule is CCOc1cc(C=C(C#N)C(=O)Nc2ccc(SC(F)F)cc2)ccc1OC(F)F. The van der Waals surface area contributed by atoms with E-state index in [2.05, 4.69) is 10.1 Å². The number of rotatable bonds is 9. The molecule has 1 amide bonds. The number of halogens is 4. The molecule has 0 saturated carbocycles. The number of nitriles is 1. The lowest BCUT2D eigenvalue weighted by Crippen LogP contribution is -2.13. The fraction of sp³-hybridized carbons (Fsp3) is 0.200. The van der Waals surface area contributed by atoms with E-state index in [4.69, 9.17) is 4.74 Å². The molecule has 2 aromatic carbocycles. The number of alkyl halides is 4. The number of carbonyl (C=O) groups is 1. The Morgan fingerprint density at radius 1 is 1.17 bits per heavy atom. The zero-order valence-electron chi connectivity index (χ0n) is 15.6. The number of nitrogens with zero attached hydrogens (tertiary/aromatic N) is 1. The average molecular weight is 440 g/mol. The van der Waals surface area contributed by atoms with E-state index in [9.17, 15) is 27.6 Å². The number of ether oxygens (including phenoxy) is 2. The van der Waals surface area contributed by atoms with Crippen LogP contribution in [0.1, 0.15) is 12.5 Å². The van der Waals surface area contributed by atoms with Crippen LogP contribution in [0.5, 0.6) is 11.5 Å². The Kier molecular flexibility index (Phi) is 8.55. The van der Waals surface area contributed by atoms with E-state index in [0.29, 0.717) is 27.9 Å². The molecule has 0 aromatic heterocycles. The number of nitrogens with one attached hydrogen (secondary N) is 1. The summed E-state index contributed by atoms with van der Waals surface area (Å²) in [5, 5.41) is 11.8. The van der Waals surface area contributed by atoms with Crippen molar-refractivity contribution in [3.63, 3.8) is 0 Å². The van der Waals surface area contributed by atoms with Gasteiger partial charge < -0.3 is 14.8 Å². The molecule has 0 bridgehead atoms. The fourth-order valence-corrected chi connectivity index (χ4v) is 2.81. The van der Waals surface area contributed by atoms with Crippen LogP contribution in [0.15, 0.2) is 52.9 Å². The fourth-order valence-electron chi connectivity index (χ4n) is 2.31. The smallest absolute Gasteiger partial charge is 0.387 e. The van der Waals surface area contributed by atoms with Crippen molar-refractivity contribution in [2.24, 2.45) is 0 Å². The second-order valence-corrected chi connectivity index (χ2v) is 6.61. The van der Waals surface area contributed by atoms with Crippen molar-refractivity contribution in [1.29, 1.82) is 5.26 Å². The first kappa shape index (κ1) is 23.1. The summed E-state index contributed by atoms with van der Waals surface area (Å²) < 4.78 is 59.3. The topological polar surface area (TPSA) is 71.3 Å². The first-order valence-electron chi connectivity index (χ1n) is 8.52. The molecular formula is C20H16F4N2O3S. The van der Waals surface area contributed by atoms with Crippen LogP contribution in [0.4, 0.5) is 23.2 Å². The van der Waals surface area contributed by atoms with Crippen molar-refractivity contribution in [2.45, 2.75) is 24.2 Å². The Labute approximate surface area is 174 Å². The number of hydrogen-bond donors (Lipinski definition) is 1. The molecule has 0 atom stereocenters. The van der Waals surface area contributed by atoms with Crippen molar-refractivity contribution in [3.8, 4) is 17.6 Å². The lowest BCUT2D eigenvalue weighted by molar-refractivity contribution is -0.112. The summed E-state index contributed by atoms with van der Waals surface area (Å²) in [7, 11) is 0. The molecule has 30 heavy (non-hydrogen) atoms. The molecule has 0 radical (unpaired) electrons. The molecule has 0 aliphatic rings. The van der Waals surface area contributed by atoms with Crippen LogP contribution in [-0.2, 0) is 4.79 Å². The molecule has 0 aliphatic heterocycles. The average Bonchev–Trinajstić information content (AvgIpc) is 2.69. The van der Waals surface area contributed by atoms with E-state index < -0.39 is 18.3 Å². The van der Waals surface area contributed by atoms with E-state index >= 15 is 0 Å². The van der Waals surface area contributed by atoms with Crippen molar-refractivity contribution >= 4 is 29.4 Å². The highest BCUT2D eigenvalue weighted by Crippen LogP contribution is 2.31. The van der Waals surface area contributed by atoms with Crippen LogP contribution in [-0.4, -0.2) is 24.9 Å². The minimum atomic E-state index is -3.03. The Morgan fingerprint density at radius 3 is 2.43 bits per heavy atom. The molecule has 0 spiro atoms. The molecule has 2 aromatic rings. The number of amides is 1. The molecule has 0 saturated heterocycles. The second-order valence-electron chi connectivity index (χ2n) is 5.54. The summed E-state index contributed by atoms with van der Waals surface area (Å²) in [6, 6.07) is 11.5. The van der Waals surface area contributed by atoms with Gasteiger partial charge in [0.05, 0.1) is 6.61 Å². The predicted molar refractivity (Wildman–Crippen MR) is 105 cm³/mol. The standard InChI is InChI=1S/C20H16F4N2O3S/c1-2-28-17-10-12(3-8-16(17)29-19(21)22)9-13(11-25)18(27)26-14-4-6-15(7-5-14)30-20(23)24/h3-10,19-20H,2H2,1H3,(H,26,27). The van der Waals surface area contributed by atoms with Gasteiger partial charge >= 0.3 is 6.61 Å². The number of anilines is 1. The minimum absolute atomic E-state index is 0.0383. The molecule has 1 N–H and O–H groups in total. The van der Waals surface area contributed by atoms with E-state index in [1.165, 1.54) is 48.5 Å². The highest BCUT2D eigenvalue weighted by molar-refractivity contribution is 7.99. The van der Waals surface area contributed by atoms with Gasteiger partial charge in [-0.05, 0) is 55.0 Å². The van der Waals surface area contributed by atoms with Crippen molar-refractivity contribution in [2.75, 3.05) is 11.9 Å². The molecule has 10 heteroatoms. The zero-order chi connectivity index (χ0) is 22.1. The van der Waals surface area contributed by atoms with E-state index in [1.54, 1.807) is 13.0 Å². The number of benzene rings is 2. The van der Waals surface area contributed by atoms with Gasteiger partial charge in [-0.2, -0.15) is 22.8 Å². The summed E-state index contributed by atoms with van der Waals surface area (Å²) in [5.41, 5.74) is 0.414. The Hall–Kier alpha value is -3.19. The van der Waals surface area contributed by atoms with Crippen LogP contribution in [0.25, 0.3) is 6.08 Å². The monoisotopic (exact) mass is 440 g/mol. The molecule has 0 aliphatic carbocycles. The molecule has 0 fully saturated rings. The van der Waals surface area contributed by atoms with Gasteiger partial charge in [-0.25, -0.2) is 0 Å². The van der Waals surface area contributed by atoms with Crippen LogP contribution in [0.2, 0.25) is 0 Å². The van der Waals surface area contributed by atoms with Gasteiger partial charge in [0.2, 0.25) is 0 Å². The van der Waals surface area contributed by atoms with Crippen molar-refractivity contribution in [1.82, 2.24) is 0 Å². The van der Waals surface area contributed by atoms with Gasteiger partial charge in [-0.1, -0.05) is 17.8 Å². The Bertz CT molecular complexity index is 944. The largest absolute Gasteiger partial charge is 0.490 e. The van der Waals surface area contributed by atoms with E-state index in [1.807, 2.05) is 0 Å². The van der Waals surface area contributed by atoms with Crippen LogP contribution in [0, 0.1) is 11.3 Å². The quantitative estimate of drug-likeness (QED) is 0.240. The number of thioether (sulfide) groups is 1. The molecular weight excluding hydrogens is 424 g/mol. The van der Waals surface area contributed by atoms with Crippen LogP contribution in [0.3, 0.4) is 0 Å². The maximum Gasteiger partial charge on any atom is 0.387 e. The maximum atomic E-state index is 12.5. The van der Waals surface area contributed by atoms with Gasteiger partial charge in [-0.15, -0.1) is 0 Å². The van der Waals surface area contributed by atoms with Gasteiger partial charge in [0.1, 0.15) is 11.6 Å². The first-order chi connectivity index (χ1) is 14.3. The van der Waals surface area contributed by atoms with Crippen molar-refractivity contribution in [3.05, 3.63) is 53.6 Å². The summed E-state index contributed by atoms with van der Waals surface area (Å²) in [5.74, 6) is -3.42. The molecule has 0 heterocycles. The van der Waals surface area contributed by atoms with E-state index in [-0.39, 0.29) is 23.7 Å². The lowest BCUT2D eigenvalue weighted by Gasteiger charge is -2.12.